The van der Waals surface area contributed by atoms with Crippen LogP contribution in [0.5, 0.6) is 5.88 Å². The smallest absolute Gasteiger partial charge is 0.224 e. The first-order valence-electron chi connectivity index (χ1n) is 13.4. The summed E-state index contributed by atoms with van der Waals surface area (Å²) in [6.07, 6.45) is 0.631. The summed E-state index contributed by atoms with van der Waals surface area (Å²) in [6, 6.07) is 31.7. The number of rotatable bonds is 11. The Balaban J connectivity index is 1.40. The minimum absolute atomic E-state index is 0.309. The van der Waals surface area contributed by atoms with Gasteiger partial charge in [-0.2, -0.15) is 0 Å². The zero-order valence-corrected chi connectivity index (χ0v) is 22.4. The van der Waals surface area contributed by atoms with Gasteiger partial charge in [-0.05, 0) is 36.1 Å². The predicted octanol–water partition coefficient (Wildman–Crippen LogP) is 6.09. The molecule has 1 N–H and O–H groups in total. The molecule has 4 aromatic rings. The Bertz CT molecular complexity index is 1320. The van der Waals surface area contributed by atoms with Gasteiger partial charge in [0.2, 0.25) is 11.7 Å². The minimum Gasteiger partial charge on any atom is -0.473 e. The molecule has 6 heteroatoms. The van der Waals surface area contributed by atoms with Crippen molar-refractivity contribution in [3.05, 3.63) is 131 Å². The molecule has 0 bridgehead atoms. The summed E-state index contributed by atoms with van der Waals surface area (Å²) in [4.78, 5) is 4.55. The summed E-state index contributed by atoms with van der Waals surface area (Å²) in [5, 5.41) is 12.1. The van der Waals surface area contributed by atoms with Crippen LogP contribution in [0.15, 0.2) is 103 Å². The first kappa shape index (κ1) is 27.0. The highest BCUT2D eigenvalue weighted by Gasteiger charge is 2.56. The van der Waals surface area contributed by atoms with Gasteiger partial charge >= 0.3 is 0 Å². The van der Waals surface area contributed by atoms with Gasteiger partial charge in [0.25, 0.3) is 0 Å². The van der Waals surface area contributed by atoms with Crippen LogP contribution in [-0.2, 0) is 39.8 Å². The van der Waals surface area contributed by atoms with Crippen molar-refractivity contribution in [1.29, 1.82) is 0 Å². The zero-order valence-electron chi connectivity index (χ0n) is 22.4. The first-order valence-corrected chi connectivity index (χ1v) is 13.4. The van der Waals surface area contributed by atoms with Crippen LogP contribution in [-0.4, -0.2) is 28.4 Å². The van der Waals surface area contributed by atoms with Crippen LogP contribution in [0.3, 0.4) is 0 Å². The Hall–Kier alpha value is -3.55. The number of pyridine rings is 1. The van der Waals surface area contributed by atoms with Crippen molar-refractivity contribution in [2.45, 2.75) is 64.2 Å². The van der Waals surface area contributed by atoms with Gasteiger partial charge < -0.3 is 24.1 Å². The standard InChI is InChI=1S/C33H35NO5/c1-3-29-30(36-21-25-13-7-4-8-14-25)31(37-22-26-15-9-5-10-16-26)33(35,39-29)28-19-24(2)32(34-20-28)38-23-27-17-11-6-12-18-27/h4-20,29-31,35H,3,21-23H2,1-2H3/t29-,30?,31+,33+/m1/s1. The first-order chi connectivity index (χ1) is 19.1. The lowest BCUT2D eigenvalue weighted by Gasteiger charge is -2.31. The molecular formula is C33H35NO5. The van der Waals surface area contributed by atoms with Gasteiger partial charge in [0, 0.05) is 17.3 Å². The van der Waals surface area contributed by atoms with Crippen LogP contribution in [0, 0.1) is 6.92 Å². The maximum Gasteiger partial charge on any atom is 0.224 e. The third-order valence-electron chi connectivity index (χ3n) is 7.00. The van der Waals surface area contributed by atoms with Gasteiger partial charge in [0.15, 0.2) is 0 Å². The molecule has 2 heterocycles. The van der Waals surface area contributed by atoms with Gasteiger partial charge in [-0.1, -0.05) is 97.9 Å². The third-order valence-corrected chi connectivity index (χ3v) is 7.00. The topological polar surface area (TPSA) is 70.0 Å². The summed E-state index contributed by atoms with van der Waals surface area (Å²) in [6.45, 7) is 5.04. The van der Waals surface area contributed by atoms with Gasteiger partial charge in [0.1, 0.15) is 18.8 Å². The Morgan fingerprint density at radius 3 is 1.87 bits per heavy atom. The van der Waals surface area contributed by atoms with E-state index in [1.807, 2.05) is 111 Å². The average molecular weight is 526 g/mol. The number of hydrogen-bond donors (Lipinski definition) is 1. The number of aromatic nitrogens is 1. The minimum atomic E-state index is -1.74. The molecule has 1 saturated heterocycles. The molecule has 1 aromatic heterocycles. The van der Waals surface area contributed by atoms with E-state index in [1.165, 1.54) is 0 Å². The summed E-state index contributed by atoms with van der Waals surface area (Å²) in [5.41, 5.74) is 4.40. The van der Waals surface area contributed by atoms with E-state index in [1.54, 1.807) is 6.20 Å². The maximum atomic E-state index is 12.1. The number of hydrogen-bond acceptors (Lipinski definition) is 6. The highest BCUT2D eigenvalue weighted by atomic mass is 16.7. The molecule has 5 rings (SSSR count). The lowest BCUT2D eigenvalue weighted by Crippen LogP contribution is -2.44. The van der Waals surface area contributed by atoms with E-state index in [9.17, 15) is 5.11 Å². The Morgan fingerprint density at radius 1 is 0.795 bits per heavy atom. The molecule has 202 valence electrons. The normalized spacial score (nSPS) is 22.6. The zero-order chi connectivity index (χ0) is 27.1. The Kier molecular flexibility index (Phi) is 8.69. The molecule has 1 fully saturated rings. The quantitative estimate of drug-likeness (QED) is 0.255. The Labute approximate surface area is 230 Å². The lowest BCUT2D eigenvalue weighted by molar-refractivity contribution is -0.250. The number of benzene rings is 3. The van der Waals surface area contributed by atoms with E-state index in [4.69, 9.17) is 18.9 Å². The summed E-state index contributed by atoms with van der Waals surface area (Å²) >= 11 is 0. The van der Waals surface area contributed by atoms with E-state index >= 15 is 0 Å². The molecule has 6 nitrogen and oxygen atoms in total. The summed E-state index contributed by atoms with van der Waals surface area (Å²) < 4.78 is 25.1. The maximum absolute atomic E-state index is 12.1. The van der Waals surface area contributed by atoms with Gasteiger partial charge in [0.05, 0.1) is 19.3 Å². The van der Waals surface area contributed by atoms with Gasteiger partial charge in [-0.25, -0.2) is 4.98 Å². The van der Waals surface area contributed by atoms with Crippen molar-refractivity contribution in [3.63, 3.8) is 0 Å². The third kappa shape index (κ3) is 6.37. The van der Waals surface area contributed by atoms with Crippen LogP contribution in [0.25, 0.3) is 0 Å². The summed E-state index contributed by atoms with van der Waals surface area (Å²) in [7, 11) is 0. The second-order valence-corrected chi connectivity index (χ2v) is 9.86. The van der Waals surface area contributed by atoms with E-state index in [2.05, 4.69) is 4.98 Å². The molecule has 3 aromatic carbocycles. The average Bonchev–Trinajstić information content (AvgIpc) is 3.27. The van der Waals surface area contributed by atoms with E-state index in [0.29, 0.717) is 37.7 Å². The van der Waals surface area contributed by atoms with Gasteiger partial charge in [-0.15, -0.1) is 0 Å². The van der Waals surface area contributed by atoms with Crippen LogP contribution in [0.1, 0.15) is 41.2 Å². The van der Waals surface area contributed by atoms with Crippen molar-refractivity contribution in [2.75, 3.05) is 0 Å². The predicted molar refractivity (Wildman–Crippen MR) is 149 cm³/mol. The molecule has 1 aliphatic rings. The highest BCUT2D eigenvalue weighted by Crippen LogP contribution is 2.43. The van der Waals surface area contributed by atoms with Crippen LogP contribution >= 0.6 is 0 Å². The number of aryl methyl sites for hydroxylation is 1. The fourth-order valence-electron chi connectivity index (χ4n) is 4.90. The lowest BCUT2D eigenvalue weighted by atomic mass is 9.97. The second-order valence-electron chi connectivity index (χ2n) is 9.86. The number of aliphatic hydroxyl groups is 1. The molecule has 1 aliphatic heterocycles. The molecule has 0 aliphatic carbocycles. The van der Waals surface area contributed by atoms with Crippen LogP contribution in [0.4, 0.5) is 0 Å². The number of ether oxygens (including phenoxy) is 4. The van der Waals surface area contributed by atoms with E-state index in [0.717, 1.165) is 22.3 Å². The molecule has 39 heavy (non-hydrogen) atoms. The van der Waals surface area contributed by atoms with Crippen molar-refractivity contribution < 1.29 is 24.1 Å². The SMILES string of the molecule is CC[C@H]1O[C@@](O)(c2cnc(OCc3ccccc3)c(C)c2)[C@@H](OCc2ccccc2)C1OCc1ccccc1. The molecule has 0 amide bonds. The molecular weight excluding hydrogens is 490 g/mol. The van der Waals surface area contributed by atoms with Crippen LogP contribution < -0.4 is 4.74 Å². The Morgan fingerprint density at radius 2 is 1.33 bits per heavy atom. The monoisotopic (exact) mass is 525 g/mol. The fourth-order valence-corrected chi connectivity index (χ4v) is 4.90. The molecule has 0 spiro atoms. The second kappa shape index (κ2) is 12.5. The van der Waals surface area contributed by atoms with E-state index in [-0.39, 0.29) is 6.10 Å². The molecule has 1 unspecified atom stereocenters. The molecule has 4 atom stereocenters. The van der Waals surface area contributed by atoms with Gasteiger partial charge in [-0.3, -0.25) is 0 Å². The van der Waals surface area contributed by atoms with E-state index < -0.39 is 18.0 Å². The largest absolute Gasteiger partial charge is 0.473 e. The van der Waals surface area contributed by atoms with Crippen LogP contribution in [0.2, 0.25) is 0 Å². The fraction of sp³-hybridized carbons (Fsp3) is 0.303. The van der Waals surface area contributed by atoms with Crippen molar-refractivity contribution in [3.8, 4) is 5.88 Å². The molecule has 0 saturated carbocycles. The summed E-state index contributed by atoms with van der Waals surface area (Å²) in [5.74, 6) is -1.23. The van der Waals surface area contributed by atoms with Crippen molar-refractivity contribution >= 4 is 0 Å². The van der Waals surface area contributed by atoms with Crippen molar-refractivity contribution in [1.82, 2.24) is 4.98 Å². The highest BCUT2D eigenvalue weighted by molar-refractivity contribution is 5.33. The molecule has 0 radical (unpaired) electrons. The van der Waals surface area contributed by atoms with Crippen molar-refractivity contribution in [2.24, 2.45) is 0 Å². The number of nitrogens with zero attached hydrogens (tertiary/aromatic N) is 1.